The Morgan fingerprint density at radius 3 is 2.50 bits per heavy atom. The fourth-order valence-corrected chi connectivity index (χ4v) is 1.34. The van der Waals surface area contributed by atoms with Gasteiger partial charge in [0.05, 0.1) is 13.0 Å². The summed E-state index contributed by atoms with van der Waals surface area (Å²) in [6, 6.07) is 5.43. The topological polar surface area (TPSA) is 69.6 Å². The summed E-state index contributed by atoms with van der Waals surface area (Å²) in [4.78, 5) is 23.5. The molecule has 0 spiro atoms. The number of benzene rings is 1. The molecule has 0 aliphatic carbocycles. The van der Waals surface area contributed by atoms with Crippen molar-refractivity contribution >= 4 is 17.6 Å². The van der Waals surface area contributed by atoms with Crippen LogP contribution in [0.2, 0.25) is 0 Å². The highest BCUT2D eigenvalue weighted by molar-refractivity contribution is 5.92. The minimum absolute atomic E-state index is 0.0136. The summed E-state index contributed by atoms with van der Waals surface area (Å²) in [5.74, 6) is -1.54. The van der Waals surface area contributed by atoms with Crippen molar-refractivity contribution in [2.24, 2.45) is 0 Å². The van der Waals surface area contributed by atoms with Crippen LogP contribution in [0.25, 0.3) is 0 Å². The van der Waals surface area contributed by atoms with E-state index in [4.69, 9.17) is 5.11 Å². The zero-order chi connectivity index (χ0) is 13.5. The number of hydrogen-bond acceptors (Lipinski definition) is 3. The van der Waals surface area contributed by atoms with Crippen molar-refractivity contribution < 1.29 is 19.1 Å². The minimum Gasteiger partial charge on any atom is -0.481 e. The number of likely N-dealkylation sites (N-methyl/N-ethyl adjacent to an activating group) is 1. The van der Waals surface area contributed by atoms with Gasteiger partial charge in [0.15, 0.2) is 0 Å². The van der Waals surface area contributed by atoms with Crippen molar-refractivity contribution in [1.29, 1.82) is 0 Å². The summed E-state index contributed by atoms with van der Waals surface area (Å²) in [7, 11) is 1.66. The van der Waals surface area contributed by atoms with E-state index in [1.807, 2.05) is 0 Å². The molecule has 0 aromatic heterocycles. The van der Waals surface area contributed by atoms with Gasteiger partial charge in [-0.25, -0.2) is 4.39 Å². The van der Waals surface area contributed by atoms with Gasteiger partial charge in [0.2, 0.25) is 5.91 Å². The lowest BCUT2D eigenvalue weighted by Crippen LogP contribution is -2.31. The third-order valence-corrected chi connectivity index (χ3v) is 2.25. The Kier molecular flexibility index (Phi) is 5.26. The van der Waals surface area contributed by atoms with Crippen LogP contribution in [0.1, 0.15) is 6.42 Å². The van der Waals surface area contributed by atoms with Crippen molar-refractivity contribution in [2.75, 3.05) is 25.5 Å². The first-order valence-corrected chi connectivity index (χ1v) is 5.43. The number of halogens is 1. The fraction of sp³-hybridized carbons (Fsp3) is 0.333. The SMILES string of the molecule is CN(CCC(=O)O)CC(=O)Nc1ccc(F)cc1. The quantitative estimate of drug-likeness (QED) is 0.799. The Balaban J connectivity index is 2.37. The molecular weight excluding hydrogens is 239 g/mol. The van der Waals surface area contributed by atoms with E-state index in [1.54, 1.807) is 11.9 Å². The third-order valence-electron chi connectivity index (χ3n) is 2.25. The monoisotopic (exact) mass is 254 g/mol. The molecule has 0 heterocycles. The van der Waals surface area contributed by atoms with Gasteiger partial charge in [0.1, 0.15) is 5.82 Å². The number of carboxylic acid groups (broad SMARTS) is 1. The summed E-state index contributed by atoms with van der Waals surface area (Å²) >= 11 is 0. The van der Waals surface area contributed by atoms with Crippen LogP contribution in [0.3, 0.4) is 0 Å². The molecule has 0 aliphatic rings. The summed E-state index contributed by atoms with van der Waals surface area (Å²) in [5.41, 5.74) is 0.507. The molecule has 98 valence electrons. The number of carbonyl (C=O) groups excluding carboxylic acids is 1. The number of rotatable bonds is 6. The molecule has 5 nitrogen and oxygen atoms in total. The van der Waals surface area contributed by atoms with Crippen LogP contribution in [-0.4, -0.2) is 42.0 Å². The molecule has 0 radical (unpaired) electrons. The summed E-state index contributed by atoms with van der Waals surface area (Å²) in [5, 5.41) is 11.1. The minimum atomic E-state index is -0.902. The Labute approximate surface area is 104 Å². The highest BCUT2D eigenvalue weighted by atomic mass is 19.1. The van der Waals surface area contributed by atoms with Crippen molar-refractivity contribution in [3.8, 4) is 0 Å². The standard InChI is InChI=1S/C12H15FN2O3/c1-15(7-6-12(17)18)8-11(16)14-10-4-2-9(13)3-5-10/h2-5H,6-8H2,1H3,(H,14,16)(H,17,18). The van der Waals surface area contributed by atoms with Gasteiger partial charge in [-0.1, -0.05) is 0 Å². The maximum absolute atomic E-state index is 12.6. The number of hydrogen-bond donors (Lipinski definition) is 2. The van der Waals surface area contributed by atoms with Crippen LogP contribution in [-0.2, 0) is 9.59 Å². The molecular formula is C12H15FN2O3. The van der Waals surface area contributed by atoms with Crippen LogP contribution < -0.4 is 5.32 Å². The van der Waals surface area contributed by atoms with Crippen molar-refractivity contribution in [1.82, 2.24) is 4.90 Å². The number of amides is 1. The second kappa shape index (κ2) is 6.70. The zero-order valence-electron chi connectivity index (χ0n) is 10.0. The van der Waals surface area contributed by atoms with Gasteiger partial charge in [-0.2, -0.15) is 0 Å². The molecule has 2 N–H and O–H groups in total. The highest BCUT2D eigenvalue weighted by Gasteiger charge is 2.08. The zero-order valence-corrected chi connectivity index (χ0v) is 10.0. The van der Waals surface area contributed by atoms with Gasteiger partial charge in [-0.3, -0.25) is 14.5 Å². The molecule has 1 rings (SSSR count). The van der Waals surface area contributed by atoms with E-state index in [2.05, 4.69) is 5.32 Å². The van der Waals surface area contributed by atoms with E-state index in [9.17, 15) is 14.0 Å². The van der Waals surface area contributed by atoms with Gasteiger partial charge in [-0.05, 0) is 31.3 Å². The van der Waals surface area contributed by atoms with E-state index in [1.165, 1.54) is 24.3 Å². The molecule has 0 fully saturated rings. The number of nitrogens with zero attached hydrogens (tertiary/aromatic N) is 1. The predicted molar refractivity (Wildman–Crippen MR) is 64.8 cm³/mol. The molecule has 1 aromatic rings. The normalized spacial score (nSPS) is 10.4. The largest absolute Gasteiger partial charge is 0.481 e. The van der Waals surface area contributed by atoms with Crippen LogP contribution in [0, 0.1) is 5.82 Å². The van der Waals surface area contributed by atoms with Gasteiger partial charge < -0.3 is 10.4 Å². The molecule has 0 saturated heterocycles. The van der Waals surface area contributed by atoms with Crippen LogP contribution in [0.4, 0.5) is 10.1 Å². The number of nitrogens with one attached hydrogen (secondary N) is 1. The molecule has 0 atom stereocenters. The Hall–Kier alpha value is -1.95. The molecule has 0 saturated carbocycles. The lowest BCUT2D eigenvalue weighted by molar-refractivity contribution is -0.137. The van der Waals surface area contributed by atoms with Crippen molar-refractivity contribution in [2.45, 2.75) is 6.42 Å². The highest BCUT2D eigenvalue weighted by Crippen LogP contribution is 2.07. The van der Waals surface area contributed by atoms with Crippen molar-refractivity contribution in [3.63, 3.8) is 0 Å². The Morgan fingerprint density at radius 1 is 1.33 bits per heavy atom. The summed E-state index contributed by atoms with van der Waals surface area (Å²) in [6.45, 7) is 0.386. The van der Waals surface area contributed by atoms with Crippen LogP contribution in [0.15, 0.2) is 24.3 Å². The number of carboxylic acids is 1. The van der Waals surface area contributed by atoms with E-state index in [0.717, 1.165) is 0 Å². The molecule has 0 bridgehead atoms. The molecule has 0 unspecified atom stereocenters. The average Bonchev–Trinajstić information content (AvgIpc) is 2.29. The van der Waals surface area contributed by atoms with Crippen LogP contribution in [0.5, 0.6) is 0 Å². The lowest BCUT2D eigenvalue weighted by atomic mass is 10.3. The van der Waals surface area contributed by atoms with Gasteiger partial charge in [-0.15, -0.1) is 0 Å². The lowest BCUT2D eigenvalue weighted by Gasteiger charge is -2.14. The molecule has 18 heavy (non-hydrogen) atoms. The molecule has 0 aliphatic heterocycles. The first-order valence-electron chi connectivity index (χ1n) is 5.43. The maximum atomic E-state index is 12.6. The van der Waals surface area contributed by atoms with E-state index >= 15 is 0 Å². The van der Waals surface area contributed by atoms with E-state index < -0.39 is 5.97 Å². The third kappa shape index (κ3) is 5.40. The Bertz CT molecular complexity index is 420. The van der Waals surface area contributed by atoms with E-state index in [0.29, 0.717) is 12.2 Å². The molecule has 1 amide bonds. The van der Waals surface area contributed by atoms with Gasteiger partial charge in [0.25, 0.3) is 0 Å². The van der Waals surface area contributed by atoms with Crippen LogP contribution >= 0.6 is 0 Å². The smallest absolute Gasteiger partial charge is 0.304 e. The summed E-state index contributed by atoms with van der Waals surface area (Å²) in [6.07, 6.45) is -0.0136. The average molecular weight is 254 g/mol. The number of carbonyl (C=O) groups is 2. The first-order chi connectivity index (χ1) is 8.47. The Morgan fingerprint density at radius 2 is 1.94 bits per heavy atom. The second-order valence-corrected chi connectivity index (χ2v) is 3.94. The van der Waals surface area contributed by atoms with Gasteiger partial charge >= 0.3 is 5.97 Å². The predicted octanol–water partition coefficient (Wildman–Crippen LogP) is 1.17. The number of aliphatic carboxylic acids is 1. The fourth-order valence-electron chi connectivity index (χ4n) is 1.34. The maximum Gasteiger partial charge on any atom is 0.304 e. The molecule has 6 heteroatoms. The van der Waals surface area contributed by atoms with Crippen molar-refractivity contribution in [3.05, 3.63) is 30.1 Å². The number of anilines is 1. The van der Waals surface area contributed by atoms with E-state index in [-0.39, 0.29) is 24.7 Å². The van der Waals surface area contributed by atoms with Gasteiger partial charge in [0, 0.05) is 12.2 Å². The summed E-state index contributed by atoms with van der Waals surface area (Å²) < 4.78 is 12.6. The first kappa shape index (κ1) is 14.1. The second-order valence-electron chi connectivity index (χ2n) is 3.94. The molecule has 1 aromatic carbocycles.